The largest absolute Gasteiger partial charge is 0.493 e. The van der Waals surface area contributed by atoms with Crippen molar-refractivity contribution in [1.29, 1.82) is 0 Å². The molecule has 4 rings (SSSR count). The van der Waals surface area contributed by atoms with E-state index in [-0.39, 0.29) is 17.9 Å². The van der Waals surface area contributed by atoms with Gasteiger partial charge in [0.2, 0.25) is 5.91 Å². The van der Waals surface area contributed by atoms with Gasteiger partial charge in [0.25, 0.3) is 5.91 Å². The summed E-state index contributed by atoms with van der Waals surface area (Å²) >= 11 is 1.46. The molecule has 1 saturated heterocycles. The lowest BCUT2D eigenvalue weighted by atomic mass is 10.1. The molecule has 0 bridgehead atoms. The number of carbonyl (C=O) groups is 2. The zero-order chi connectivity index (χ0) is 22.0. The Kier molecular flexibility index (Phi) is 6.11. The molecule has 0 spiro atoms. The van der Waals surface area contributed by atoms with Gasteiger partial charge in [-0.1, -0.05) is 30.0 Å². The standard InChI is InChI=1S/C23H26N2O5S/c1-15(16-8-9-18(19(14-16)29-3)30-13-12-28-2)24-22(27)23-11-10-21(26)25(23)17-6-4-5-7-20(17)31-23/h4-9,14-15H,10-13H2,1-3H3,(H,24,27). The smallest absolute Gasteiger partial charge is 0.257 e. The Morgan fingerprint density at radius 1 is 1.19 bits per heavy atom. The van der Waals surface area contributed by atoms with Gasteiger partial charge in [0.05, 0.1) is 25.4 Å². The third-order valence-electron chi connectivity index (χ3n) is 5.61. The number of fused-ring (bicyclic) bond motifs is 3. The molecule has 0 radical (unpaired) electrons. The minimum atomic E-state index is -0.928. The highest BCUT2D eigenvalue weighted by Gasteiger charge is 2.57. The molecule has 0 aliphatic carbocycles. The van der Waals surface area contributed by atoms with Crippen molar-refractivity contribution in [1.82, 2.24) is 5.32 Å². The molecular weight excluding hydrogens is 416 g/mol. The lowest BCUT2D eigenvalue weighted by Crippen LogP contribution is -2.52. The van der Waals surface area contributed by atoms with Crippen LogP contribution in [0.5, 0.6) is 11.5 Å². The molecule has 7 nitrogen and oxygen atoms in total. The van der Waals surface area contributed by atoms with E-state index in [1.807, 2.05) is 49.4 Å². The summed E-state index contributed by atoms with van der Waals surface area (Å²) in [5.41, 5.74) is 1.70. The Morgan fingerprint density at radius 3 is 2.77 bits per heavy atom. The molecule has 2 aromatic carbocycles. The van der Waals surface area contributed by atoms with Gasteiger partial charge in [-0.15, -0.1) is 0 Å². The minimum absolute atomic E-state index is 0.0144. The lowest BCUT2D eigenvalue weighted by molar-refractivity contribution is -0.125. The van der Waals surface area contributed by atoms with Gasteiger partial charge in [0, 0.05) is 18.4 Å². The van der Waals surface area contributed by atoms with Gasteiger partial charge in [-0.05, 0) is 43.2 Å². The maximum atomic E-state index is 13.4. The van der Waals surface area contributed by atoms with Crippen LogP contribution in [0.15, 0.2) is 47.4 Å². The van der Waals surface area contributed by atoms with E-state index in [0.29, 0.717) is 37.6 Å². The van der Waals surface area contributed by atoms with Crippen LogP contribution in [0.3, 0.4) is 0 Å². The van der Waals surface area contributed by atoms with Crippen LogP contribution in [-0.4, -0.2) is 44.1 Å². The van der Waals surface area contributed by atoms with Crippen molar-refractivity contribution >= 4 is 29.3 Å². The van der Waals surface area contributed by atoms with Crippen molar-refractivity contribution in [3.8, 4) is 11.5 Å². The molecule has 2 heterocycles. The normalized spacial score (nSPS) is 20.2. The van der Waals surface area contributed by atoms with Crippen LogP contribution in [0.25, 0.3) is 0 Å². The number of amides is 2. The van der Waals surface area contributed by atoms with E-state index >= 15 is 0 Å². The fraction of sp³-hybridized carbons (Fsp3) is 0.391. The van der Waals surface area contributed by atoms with Crippen LogP contribution in [0.4, 0.5) is 5.69 Å². The van der Waals surface area contributed by atoms with Gasteiger partial charge in [-0.25, -0.2) is 0 Å². The second-order valence-electron chi connectivity index (χ2n) is 7.53. The number of nitrogens with one attached hydrogen (secondary N) is 1. The van der Waals surface area contributed by atoms with E-state index in [0.717, 1.165) is 16.1 Å². The molecule has 0 aromatic heterocycles. The number of methoxy groups -OCH3 is 2. The fourth-order valence-corrected chi connectivity index (χ4v) is 5.42. The SMILES string of the molecule is COCCOc1ccc(C(C)NC(=O)C23CCC(=O)N2c2ccccc2S3)cc1OC. The van der Waals surface area contributed by atoms with E-state index in [1.54, 1.807) is 19.1 Å². The van der Waals surface area contributed by atoms with Crippen LogP contribution < -0.4 is 19.7 Å². The summed E-state index contributed by atoms with van der Waals surface area (Å²) in [6.45, 7) is 2.82. The summed E-state index contributed by atoms with van der Waals surface area (Å²) in [6.07, 6.45) is 0.851. The number of nitrogens with zero attached hydrogens (tertiary/aromatic N) is 1. The van der Waals surface area contributed by atoms with Gasteiger partial charge in [-0.3, -0.25) is 14.5 Å². The molecule has 1 N–H and O–H groups in total. The second kappa shape index (κ2) is 8.80. The zero-order valence-corrected chi connectivity index (χ0v) is 18.7. The van der Waals surface area contributed by atoms with Crippen molar-refractivity contribution in [3.63, 3.8) is 0 Å². The predicted molar refractivity (Wildman–Crippen MR) is 119 cm³/mol. The maximum Gasteiger partial charge on any atom is 0.257 e. The first kappa shape index (κ1) is 21.5. The van der Waals surface area contributed by atoms with Gasteiger partial charge in [0.15, 0.2) is 16.4 Å². The van der Waals surface area contributed by atoms with E-state index in [9.17, 15) is 9.59 Å². The average Bonchev–Trinajstić information content (AvgIpc) is 3.29. The molecule has 164 valence electrons. The van der Waals surface area contributed by atoms with Gasteiger partial charge < -0.3 is 19.5 Å². The number of hydrogen-bond acceptors (Lipinski definition) is 6. The molecule has 31 heavy (non-hydrogen) atoms. The third kappa shape index (κ3) is 3.85. The van der Waals surface area contributed by atoms with E-state index < -0.39 is 4.87 Å². The molecule has 2 unspecified atom stereocenters. The van der Waals surface area contributed by atoms with Crippen molar-refractivity contribution in [3.05, 3.63) is 48.0 Å². The number of hydrogen-bond donors (Lipinski definition) is 1. The Balaban J connectivity index is 1.52. The number of anilines is 1. The molecule has 8 heteroatoms. The topological polar surface area (TPSA) is 77.1 Å². The molecule has 2 aliphatic heterocycles. The number of thioether (sulfide) groups is 1. The summed E-state index contributed by atoms with van der Waals surface area (Å²) in [5.74, 6) is 1.04. The first-order chi connectivity index (χ1) is 15.0. The predicted octanol–water partition coefficient (Wildman–Crippen LogP) is 3.53. The van der Waals surface area contributed by atoms with Crippen LogP contribution in [0.1, 0.15) is 31.4 Å². The zero-order valence-electron chi connectivity index (χ0n) is 17.8. The van der Waals surface area contributed by atoms with E-state index in [4.69, 9.17) is 14.2 Å². The van der Waals surface area contributed by atoms with Crippen molar-refractivity contribution in [2.45, 2.75) is 35.6 Å². The number of rotatable bonds is 8. The lowest BCUT2D eigenvalue weighted by Gasteiger charge is -2.31. The van der Waals surface area contributed by atoms with E-state index in [1.165, 1.54) is 11.8 Å². The van der Waals surface area contributed by atoms with Gasteiger partial charge in [0.1, 0.15) is 6.61 Å². The minimum Gasteiger partial charge on any atom is -0.493 e. The third-order valence-corrected chi connectivity index (χ3v) is 7.08. The van der Waals surface area contributed by atoms with Crippen molar-refractivity contribution in [2.24, 2.45) is 0 Å². The quantitative estimate of drug-likeness (QED) is 0.631. The Morgan fingerprint density at radius 2 is 2.00 bits per heavy atom. The first-order valence-corrected chi connectivity index (χ1v) is 11.0. The van der Waals surface area contributed by atoms with Crippen LogP contribution in [0, 0.1) is 0 Å². The summed E-state index contributed by atoms with van der Waals surface area (Å²) in [5, 5.41) is 3.11. The number of carbonyl (C=O) groups excluding carboxylic acids is 2. The van der Waals surface area contributed by atoms with Crippen LogP contribution in [-0.2, 0) is 14.3 Å². The Bertz CT molecular complexity index is 998. The summed E-state index contributed by atoms with van der Waals surface area (Å²) in [4.78, 5) is 27.7. The van der Waals surface area contributed by atoms with Crippen molar-refractivity contribution in [2.75, 3.05) is 32.3 Å². The van der Waals surface area contributed by atoms with E-state index in [2.05, 4.69) is 5.32 Å². The maximum absolute atomic E-state index is 13.4. The summed E-state index contributed by atoms with van der Waals surface area (Å²) in [6, 6.07) is 13.0. The molecule has 2 aliphatic rings. The monoisotopic (exact) mass is 442 g/mol. The van der Waals surface area contributed by atoms with Gasteiger partial charge >= 0.3 is 0 Å². The highest BCUT2D eigenvalue weighted by Crippen LogP contribution is 2.55. The number of benzene rings is 2. The van der Waals surface area contributed by atoms with Crippen molar-refractivity contribution < 1.29 is 23.8 Å². The highest BCUT2D eigenvalue weighted by molar-refractivity contribution is 8.02. The second-order valence-corrected chi connectivity index (χ2v) is 8.85. The molecular formula is C23H26N2O5S. The number of ether oxygens (including phenoxy) is 3. The Labute approximate surface area is 186 Å². The fourth-order valence-electron chi connectivity index (χ4n) is 4.00. The van der Waals surface area contributed by atoms with Crippen LogP contribution >= 0.6 is 11.8 Å². The van der Waals surface area contributed by atoms with Crippen LogP contribution in [0.2, 0.25) is 0 Å². The van der Waals surface area contributed by atoms with Gasteiger partial charge in [-0.2, -0.15) is 0 Å². The molecule has 0 saturated carbocycles. The molecule has 2 amide bonds. The summed E-state index contributed by atoms with van der Waals surface area (Å²) < 4.78 is 16.2. The number of para-hydroxylation sites is 1. The molecule has 2 atom stereocenters. The average molecular weight is 443 g/mol. The Hall–Kier alpha value is -2.71. The first-order valence-electron chi connectivity index (χ1n) is 10.2. The molecule has 1 fully saturated rings. The highest BCUT2D eigenvalue weighted by atomic mass is 32.2. The summed E-state index contributed by atoms with van der Waals surface area (Å²) in [7, 11) is 3.20. The molecule has 2 aromatic rings.